The van der Waals surface area contributed by atoms with Gasteiger partial charge in [-0.3, -0.25) is 14.4 Å². The van der Waals surface area contributed by atoms with Crippen molar-refractivity contribution in [1.29, 1.82) is 0 Å². The quantitative estimate of drug-likeness (QED) is 0.872. The number of anilines is 2. The molecule has 128 valence electrons. The van der Waals surface area contributed by atoms with Crippen molar-refractivity contribution in [2.75, 3.05) is 16.8 Å². The highest BCUT2D eigenvalue weighted by molar-refractivity contribution is 6.04. The summed E-state index contributed by atoms with van der Waals surface area (Å²) in [6.07, 6.45) is 0.187. The average Bonchev–Trinajstić information content (AvgIpc) is 2.98. The molecule has 1 fully saturated rings. The second-order valence-corrected chi connectivity index (χ2v) is 6.37. The third kappa shape index (κ3) is 3.76. The second-order valence-electron chi connectivity index (χ2n) is 6.37. The Labute approximate surface area is 146 Å². The summed E-state index contributed by atoms with van der Waals surface area (Å²) in [4.78, 5) is 37.9. The van der Waals surface area contributed by atoms with Crippen LogP contribution in [0.1, 0.15) is 29.3 Å². The Balaban J connectivity index is 1.69. The van der Waals surface area contributed by atoms with E-state index in [1.54, 1.807) is 29.2 Å². The third-order valence-electron chi connectivity index (χ3n) is 4.38. The molecule has 1 aliphatic heterocycles. The minimum atomic E-state index is -0.408. The fourth-order valence-corrected chi connectivity index (χ4v) is 2.92. The van der Waals surface area contributed by atoms with Gasteiger partial charge in [-0.25, -0.2) is 0 Å². The Hall–Kier alpha value is -2.95. The number of Topliss-reactive ketones (excluding diaryl/α,β-unsaturated/α-hetero) is 1. The molecule has 1 atom stereocenters. The molecule has 0 saturated carbocycles. The molecule has 3 rings (SSSR count). The number of carbonyl (C=O) groups excluding carboxylic acids is 3. The largest absolute Gasteiger partial charge is 0.326 e. The molecular formula is C20H20N2O3. The van der Waals surface area contributed by atoms with Crippen LogP contribution in [0, 0.1) is 12.8 Å². The van der Waals surface area contributed by atoms with Gasteiger partial charge in [-0.05, 0) is 38.1 Å². The minimum Gasteiger partial charge on any atom is -0.326 e. The Morgan fingerprint density at radius 2 is 1.84 bits per heavy atom. The van der Waals surface area contributed by atoms with Crippen molar-refractivity contribution in [3.8, 4) is 0 Å². The number of benzene rings is 2. The van der Waals surface area contributed by atoms with Crippen LogP contribution in [-0.2, 0) is 9.59 Å². The van der Waals surface area contributed by atoms with Gasteiger partial charge >= 0.3 is 0 Å². The Kier molecular flexibility index (Phi) is 4.65. The molecule has 0 aromatic heterocycles. The van der Waals surface area contributed by atoms with Crippen molar-refractivity contribution < 1.29 is 14.4 Å². The summed E-state index contributed by atoms with van der Waals surface area (Å²) >= 11 is 0. The van der Waals surface area contributed by atoms with Gasteiger partial charge in [0.25, 0.3) is 0 Å². The van der Waals surface area contributed by atoms with Crippen molar-refractivity contribution in [1.82, 2.24) is 0 Å². The first-order valence-electron chi connectivity index (χ1n) is 8.23. The van der Waals surface area contributed by atoms with Crippen LogP contribution >= 0.6 is 0 Å². The number of hydrogen-bond acceptors (Lipinski definition) is 3. The maximum absolute atomic E-state index is 12.5. The Morgan fingerprint density at radius 3 is 2.52 bits per heavy atom. The Bertz CT molecular complexity index is 827. The highest BCUT2D eigenvalue weighted by atomic mass is 16.2. The van der Waals surface area contributed by atoms with Crippen LogP contribution in [0.15, 0.2) is 48.5 Å². The molecule has 1 N–H and O–H groups in total. The molecule has 25 heavy (non-hydrogen) atoms. The molecule has 0 bridgehead atoms. The third-order valence-corrected chi connectivity index (χ3v) is 4.38. The van der Waals surface area contributed by atoms with Crippen LogP contribution in [0.25, 0.3) is 0 Å². The zero-order chi connectivity index (χ0) is 18.0. The highest BCUT2D eigenvalue weighted by Gasteiger charge is 2.35. The first-order valence-corrected chi connectivity index (χ1v) is 8.23. The lowest BCUT2D eigenvalue weighted by molar-refractivity contribution is -0.122. The van der Waals surface area contributed by atoms with Gasteiger partial charge in [0.2, 0.25) is 11.8 Å². The Morgan fingerprint density at radius 1 is 1.12 bits per heavy atom. The summed E-state index contributed by atoms with van der Waals surface area (Å²) in [5, 5.41) is 2.81. The van der Waals surface area contributed by atoms with E-state index in [0.717, 1.165) is 11.3 Å². The summed E-state index contributed by atoms with van der Waals surface area (Å²) in [6, 6.07) is 14.5. The fraction of sp³-hybridized carbons (Fsp3) is 0.250. The molecule has 2 amide bonds. The van der Waals surface area contributed by atoms with E-state index >= 15 is 0 Å². The first kappa shape index (κ1) is 16.9. The van der Waals surface area contributed by atoms with Gasteiger partial charge in [0.15, 0.2) is 5.78 Å². The summed E-state index contributed by atoms with van der Waals surface area (Å²) < 4.78 is 0. The molecule has 5 heteroatoms. The molecule has 0 aliphatic carbocycles. The van der Waals surface area contributed by atoms with E-state index in [-0.39, 0.29) is 24.0 Å². The van der Waals surface area contributed by atoms with Crippen LogP contribution < -0.4 is 10.2 Å². The standard InChI is InChI=1S/C20H20N2O3/c1-13-6-8-18(9-7-13)22-12-16(11-19(22)24)20(25)21-17-5-3-4-15(10-17)14(2)23/h3-10,16H,11-12H2,1-2H3,(H,21,25)/t16-/m1/s1. The van der Waals surface area contributed by atoms with Gasteiger partial charge in [-0.15, -0.1) is 0 Å². The predicted octanol–water partition coefficient (Wildman–Crippen LogP) is 3.19. The van der Waals surface area contributed by atoms with Crippen LogP contribution in [0.5, 0.6) is 0 Å². The molecule has 0 unspecified atom stereocenters. The van der Waals surface area contributed by atoms with Gasteiger partial charge in [0, 0.05) is 29.9 Å². The highest BCUT2D eigenvalue weighted by Crippen LogP contribution is 2.26. The number of nitrogens with one attached hydrogen (secondary N) is 1. The van der Waals surface area contributed by atoms with Gasteiger partial charge < -0.3 is 10.2 Å². The molecule has 1 aliphatic rings. The minimum absolute atomic E-state index is 0.0542. The molecule has 2 aromatic rings. The van der Waals surface area contributed by atoms with Crippen LogP contribution in [0.2, 0.25) is 0 Å². The second kappa shape index (κ2) is 6.89. The van der Waals surface area contributed by atoms with Gasteiger partial charge in [-0.2, -0.15) is 0 Å². The molecule has 1 heterocycles. The molecule has 0 radical (unpaired) electrons. The molecular weight excluding hydrogens is 316 g/mol. The van der Waals surface area contributed by atoms with Crippen molar-refractivity contribution in [3.05, 3.63) is 59.7 Å². The van der Waals surface area contributed by atoms with Gasteiger partial charge in [0.1, 0.15) is 0 Å². The lowest BCUT2D eigenvalue weighted by Crippen LogP contribution is -2.28. The van der Waals surface area contributed by atoms with E-state index in [1.807, 2.05) is 31.2 Å². The maximum Gasteiger partial charge on any atom is 0.229 e. The summed E-state index contributed by atoms with van der Waals surface area (Å²) in [6.45, 7) is 3.83. The monoisotopic (exact) mass is 336 g/mol. The summed E-state index contributed by atoms with van der Waals surface area (Å²) in [7, 11) is 0. The average molecular weight is 336 g/mol. The van der Waals surface area contributed by atoms with E-state index in [1.165, 1.54) is 6.92 Å². The number of amides is 2. The normalized spacial score (nSPS) is 16.8. The number of rotatable bonds is 4. The topological polar surface area (TPSA) is 66.5 Å². The lowest BCUT2D eigenvalue weighted by Gasteiger charge is -2.17. The number of aryl methyl sites for hydroxylation is 1. The first-order chi connectivity index (χ1) is 11.9. The van der Waals surface area contributed by atoms with Crippen LogP contribution in [-0.4, -0.2) is 24.1 Å². The maximum atomic E-state index is 12.5. The van der Waals surface area contributed by atoms with Gasteiger partial charge in [0.05, 0.1) is 5.92 Å². The molecule has 5 nitrogen and oxygen atoms in total. The molecule has 0 spiro atoms. The number of nitrogens with zero attached hydrogens (tertiary/aromatic N) is 1. The predicted molar refractivity (Wildman–Crippen MR) is 96.7 cm³/mol. The zero-order valence-electron chi connectivity index (χ0n) is 14.3. The zero-order valence-corrected chi connectivity index (χ0v) is 14.3. The van der Waals surface area contributed by atoms with Crippen LogP contribution in [0.4, 0.5) is 11.4 Å². The van der Waals surface area contributed by atoms with Crippen LogP contribution in [0.3, 0.4) is 0 Å². The van der Waals surface area contributed by atoms with Crippen molar-refractivity contribution in [2.24, 2.45) is 5.92 Å². The SMILES string of the molecule is CC(=O)c1cccc(NC(=O)[C@@H]2CC(=O)N(c3ccc(C)cc3)C2)c1. The number of ketones is 1. The van der Waals surface area contributed by atoms with E-state index < -0.39 is 5.92 Å². The van der Waals surface area contributed by atoms with E-state index in [9.17, 15) is 14.4 Å². The number of hydrogen-bond donors (Lipinski definition) is 1. The van der Waals surface area contributed by atoms with Gasteiger partial charge in [-0.1, -0.05) is 29.8 Å². The smallest absolute Gasteiger partial charge is 0.229 e. The lowest BCUT2D eigenvalue weighted by atomic mass is 10.1. The summed E-state index contributed by atoms with van der Waals surface area (Å²) in [5.74, 6) is -0.724. The molecule has 2 aromatic carbocycles. The van der Waals surface area contributed by atoms with E-state index in [4.69, 9.17) is 0 Å². The molecule has 1 saturated heterocycles. The van der Waals surface area contributed by atoms with E-state index in [0.29, 0.717) is 17.8 Å². The van der Waals surface area contributed by atoms with E-state index in [2.05, 4.69) is 5.32 Å². The van der Waals surface area contributed by atoms with Crippen molar-refractivity contribution in [3.63, 3.8) is 0 Å². The summed E-state index contributed by atoms with van der Waals surface area (Å²) in [5.41, 5.74) is 3.04. The fourth-order valence-electron chi connectivity index (χ4n) is 2.92. The number of carbonyl (C=O) groups is 3. The van der Waals surface area contributed by atoms with Crippen molar-refractivity contribution in [2.45, 2.75) is 20.3 Å². The van der Waals surface area contributed by atoms with Crippen molar-refractivity contribution >= 4 is 29.0 Å².